The Morgan fingerprint density at radius 1 is 0.973 bits per heavy atom. The monoisotopic (exact) mass is 552 g/mol. The number of benzene rings is 3. The Labute approximate surface area is 223 Å². The predicted octanol–water partition coefficient (Wildman–Crippen LogP) is 5.96. The largest absolute Gasteiger partial charge is 0.492 e. The van der Waals surface area contributed by atoms with Gasteiger partial charge in [-0.25, -0.2) is 12.4 Å². The van der Waals surface area contributed by atoms with Crippen LogP contribution in [-0.2, 0) is 14.8 Å². The van der Waals surface area contributed by atoms with Crippen molar-refractivity contribution in [2.75, 3.05) is 13.2 Å². The lowest BCUT2D eigenvalue weighted by atomic mass is 10.1. The van der Waals surface area contributed by atoms with E-state index in [4.69, 9.17) is 16.3 Å². The molecule has 1 aromatic heterocycles. The number of hydrogen-bond donors (Lipinski definition) is 0. The van der Waals surface area contributed by atoms with Crippen LogP contribution in [0.2, 0.25) is 5.02 Å². The van der Waals surface area contributed by atoms with Crippen molar-refractivity contribution in [2.24, 2.45) is 0 Å². The Morgan fingerprint density at radius 3 is 2.41 bits per heavy atom. The van der Waals surface area contributed by atoms with E-state index in [2.05, 4.69) is 0 Å². The minimum absolute atomic E-state index is 0.0776. The minimum Gasteiger partial charge on any atom is -0.492 e. The third kappa shape index (κ3) is 5.02. The van der Waals surface area contributed by atoms with Gasteiger partial charge in [-0.3, -0.25) is 14.5 Å². The molecule has 2 heterocycles. The Balaban J connectivity index is 1.41. The maximum absolute atomic E-state index is 13.4. The predicted molar refractivity (Wildman–Crippen MR) is 145 cm³/mol. The van der Waals surface area contributed by atoms with E-state index in [1.54, 1.807) is 78.9 Å². The number of ether oxygens (including phenoxy) is 1. The lowest BCUT2D eigenvalue weighted by Crippen LogP contribution is -2.32. The van der Waals surface area contributed by atoms with E-state index in [-0.39, 0.29) is 23.0 Å². The molecule has 7 nitrogen and oxygen atoms in total. The molecule has 1 aliphatic heterocycles. The minimum atomic E-state index is -3.88. The molecule has 0 saturated carbocycles. The Bertz CT molecular complexity index is 1640. The maximum atomic E-state index is 13.4. The summed E-state index contributed by atoms with van der Waals surface area (Å²) in [5.74, 6) is 0.127. The van der Waals surface area contributed by atoms with E-state index < -0.39 is 21.2 Å². The molecule has 0 spiro atoms. The Morgan fingerprint density at radius 2 is 1.68 bits per heavy atom. The quantitative estimate of drug-likeness (QED) is 0.263. The zero-order chi connectivity index (χ0) is 26.2. The zero-order valence-electron chi connectivity index (χ0n) is 19.6. The van der Waals surface area contributed by atoms with E-state index in [9.17, 15) is 18.0 Å². The summed E-state index contributed by atoms with van der Waals surface area (Å²) < 4.78 is 33.7. The van der Waals surface area contributed by atoms with Crippen molar-refractivity contribution in [2.45, 2.75) is 11.8 Å². The van der Waals surface area contributed by atoms with Crippen LogP contribution in [0.15, 0.2) is 88.8 Å². The summed E-state index contributed by atoms with van der Waals surface area (Å²) in [6.45, 7) is 2.09. The number of halogens is 1. The summed E-state index contributed by atoms with van der Waals surface area (Å²) in [6.07, 6.45) is 3.05. The van der Waals surface area contributed by atoms with E-state index >= 15 is 0 Å². The third-order valence-electron chi connectivity index (χ3n) is 5.84. The van der Waals surface area contributed by atoms with Crippen LogP contribution in [0, 0.1) is 6.92 Å². The van der Waals surface area contributed by atoms with Crippen LogP contribution in [0.5, 0.6) is 5.75 Å². The Hall–Kier alpha value is -3.53. The van der Waals surface area contributed by atoms with Gasteiger partial charge >= 0.3 is 0 Å². The van der Waals surface area contributed by atoms with Gasteiger partial charge in [0.2, 0.25) is 0 Å². The van der Waals surface area contributed by atoms with Crippen molar-refractivity contribution in [3.05, 3.63) is 100 Å². The number of fused-ring (bicyclic) bond motifs is 1. The summed E-state index contributed by atoms with van der Waals surface area (Å²) in [6, 6.07) is 20.4. The van der Waals surface area contributed by atoms with Crippen LogP contribution < -0.4 is 4.74 Å². The highest BCUT2D eigenvalue weighted by Crippen LogP contribution is 2.35. The molecule has 188 valence electrons. The van der Waals surface area contributed by atoms with Gasteiger partial charge in [0.05, 0.1) is 21.9 Å². The first-order valence-electron chi connectivity index (χ1n) is 11.3. The van der Waals surface area contributed by atoms with Crippen LogP contribution in [0.3, 0.4) is 0 Å². The number of rotatable bonds is 7. The number of aryl methyl sites for hydroxylation is 1. The van der Waals surface area contributed by atoms with Crippen LogP contribution in [0.25, 0.3) is 17.0 Å². The van der Waals surface area contributed by atoms with E-state index in [1.165, 1.54) is 10.2 Å². The first-order valence-corrected chi connectivity index (χ1v) is 13.9. The Kier molecular flexibility index (Phi) is 6.85. The van der Waals surface area contributed by atoms with Crippen LogP contribution in [0.4, 0.5) is 4.79 Å². The lowest BCUT2D eigenvalue weighted by molar-refractivity contribution is -0.123. The van der Waals surface area contributed by atoms with Crippen molar-refractivity contribution >= 4 is 61.5 Å². The van der Waals surface area contributed by atoms with Gasteiger partial charge in [0.1, 0.15) is 12.4 Å². The number of hydrogen-bond acceptors (Lipinski definition) is 6. The molecule has 0 atom stereocenters. The number of thioether (sulfide) groups is 1. The molecular formula is C27H21ClN2O5S2. The van der Waals surface area contributed by atoms with Gasteiger partial charge in [-0.2, -0.15) is 0 Å². The van der Waals surface area contributed by atoms with Crippen LogP contribution in [0.1, 0.15) is 11.1 Å². The molecule has 2 amide bonds. The SMILES string of the molecule is Cc1ccc(S(=O)(=O)n2cc(/C=C3\SC(=O)N(CCOc4ccc(Cl)cc4)C3=O)c3ccccc32)cc1. The molecule has 10 heteroatoms. The molecule has 0 N–H and O–H groups in total. The molecule has 1 saturated heterocycles. The van der Waals surface area contributed by atoms with Crippen LogP contribution in [-0.4, -0.2) is 41.6 Å². The number of aromatic nitrogens is 1. The number of nitrogens with zero attached hydrogens (tertiary/aromatic N) is 2. The second kappa shape index (κ2) is 10.1. The van der Waals surface area contributed by atoms with Gasteiger partial charge in [-0.1, -0.05) is 47.5 Å². The first-order chi connectivity index (χ1) is 17.7. The highest BCUT2D eigenvalue weighted by molar-refractivity contribution is 8.18. The first kappa shape index (κ1) is 25.1. The van der Waals surface area contributed by atoms with E-state index in [0.29, 0.717) is 27.2 Å². The van der Waals surface area contributed by atoms with Crippen molar-refractivity contribution in [3.8, 4) is 5.75 Å². The number of para-hydroxylation sites is 1. The van der Waals surface area contributed by atoms with Gasteiger partial charge in [-0.15, -0.1) is 0 Å². The normalized spacial score (nSPS) is 15.2. The molecule has 0 bridgehead atoms. The molecule has 4 aromatic rings. The fourth-order valence-corrected chi connectivity index (χ4v) is 6.29. The highest BCUT2D eigenvalue weighted by atomic mass is 35.5. The lowest BCUT2D eigenvalue weighted by Gasteiger charge is -2.13. The second-order valence-electron chi connectivity index (χ2n) is 8.35. The van der Waals surface area contributed by atoms with Gasteiger partial charge in [0.15, 0.2) is 0 Å². The molecule has 0 aliphatic carbocycles. The summed E-state index contributed by atoms with van der Waals surface area (Å²) in [7, 11) is -3.88. The summed E-state index contributed by atoms with van der Waals surface area (Å²) >= 11 is 6.69. The fraction of sp³-hybridized carbons (Fsp3) is 0.111. The second-order valence-corrected chi connectivity index (χ2v) is 11.6. The summed E-state index contributed by atoms with van der Waals surface area (Å²) in [5, 5.41) is 0.819. The van der Waals surface area contributed by atoms with Crippen LogP contribution >= 0.6 is 23.4 Å². The van der Waals surface area contributed by atoms with E-state index in [1.807, 2.05) is 6.92 Å². The highest BCUT2D eigenvalue weighted by Gasteiger charge is 2.35. The molecule has 3 aromatic carbocycles. The molecule has 0 unspecified atom stereocenters. The number of carbonyl (C=O) groups excluding carboxylic acids is 2. The molecule has 1 aliphatic rings. The van der Waals surface area contributed by atoms with E-state index in [0.717, 1.165) is 22.2 Å². The van der Waals surface area contributed by atoms with Gasteiger partial charge in [0.25, 0.3) is 21.2 Å². The van der Waals surface area contributed by atoms with Gasteiger partial charge in [-0.05, 0) is 67.2 Å². The number of amides is 2. The van der Waals surface area contributed by atoms with Crippen molar-refractivity contribution in [1.29, 1.82) is 0 Å². The molecule has 37 heavy (non-hydrogen) atoms. The topological polar surface area (TPSA) is 85.7 Å². The summed E-state index contributed by atoms with van der Waals surface area (Å²) in [5.41, 5.74) is 1.95. The fourth-order valence-electron chi connectivity index (χ4n) is 3.93. The smallest absolute Gasteiger partial charge is 0.293 e. The number of imide groups is 1. The third-order valence-corrected chi connectivity index (χ3v) is 8.69. The molecular weight excluding hydrogens is 532 g/mol. The zero-order valence-corrected chi connectivity index (χ0v) is 22.0. The van der Waals surface area contributed by atoms with Gasteiger partial charge < -0.3 is 4.74 Å². The van der Waals surface area contributed by atoms with Crippen molar-refractivity contribution < 1.29 is 22.7 Å². The maximum Gasteiger partial charge on any atom is 0.293 e. The standard InChI is InChI=1S/C27H21ClN2O5S2/c1-18-6-12-22(13-7-18)37(33,34)30-17-19(23-4-2-3-5-24(23)30)16-25-26(31)29(27(32)36-25)14-15-35-21-10-8-20(28)9-11-21/h2-13,16-17H,14-15H2,1H3/b25-16-. The molecule has 5 rings (SSSR count). The average Bonchev–Trinajstić information content (AvgIpc) is 3.38. The molecule has 0 radical (unpaired) electrons. The van der Waals surface area contributed by atoms with Crippen molar-refractivity contribution in [3.63, 3.8) is 0 Å². The number of carbonyl (C=O) groups is 2. The average molecular weight is 553 g/mol. The van der Waals surface area contributed by atoms with Crippen molar-refractivity contribution in [1.82, 2.24) is 8.87 Å². The summed E-state index contributed by atoms with van der Waals surface area (Å²) in [4.78, 5) is 27.1. The molecule has 1 fully saturated rings. The van der Waals surface area contributed by atoms with Gasteiger partial charge in [0, 0.05) is 22.2 Å².